The zero-order valence-electron chi connectivity index (χ0n) is 18.0. The Labute approximate surface area is 183 Å². The lowest BCUT2D eigenvalue weighted by molar-refractivity contribution is 0.0746. The van der Waals surface area contributed by atoms with Gasteiger partial charge in [-0.05, 0) is 42.5 Å². The van der Waals surface area contributed by atoms with Crippen LogP contribution < -0.4 is 4.90 Å². The lowest BCUT2D eigenvalue weighted by Gasteiger charge is -2.35. The fourth-order valence-corrected chi connectivity index (χ4v) is 6.21. The number of hydrogen-bond acceptors (Lipinski definition) is 6. The number of piperazine rings is 1. The standard InChI is InChI=1S/C22H29N5O3S/c1-17-13-18(2)16-27(15-17)31(29,30)20-6-3-5-19(14-20)21(28)25-9-11-26(12-10-25)22-23-7-4-8-24-22/h3-8,14,17-18H,9-13,15-16H2,1-2H3/t17-,18-/m0/s1. The van der Waals surface area contributed by atoms with E-state index in [1.54, 1.807) is 45.9 Å². The van der Waals surface area contributed by atoms with Crippen molar-refractivity contribution in [1.29, 1.82) is 0 Å². The van der Waals surface area contributed by atoms with Gasteiger partial charge in [0.25, 0.3) is 5.91 Å². The lowest BCUT2D eigenvalue weighted by Crippen LogP contribution is -2.49. The molecule has 0 aliphatic carbocycles. The van der Waals surface area contributed by atoms with E-state index in [0.717, 1.165) is 6.42 Å². The number of amides is 1. The van der Waals surface area contributed by atoms with Crippen LogP contribution in [0.25, 0.3) is 0 Å². The number of hydrogen-bond donors (Lipinski definition) is 0. The second-order valence-electron chi connectivity index (χ2n) is 8.62. The molecule has 2 aromatic rings. The van der Waals surface area contributed by atoms with Crippen molar-refractivity contribution in [2.24, 2.45) is 11.8 Å². The molecular formula is C22H29N5O3S. The maximum absolute atomic E-state index is 13.2. The highest BCUT2D eigenvalue weighted by atomic mass is 32.2. The average molecular weight is 444 g/mol. The van der Waals surface area contributed by atoms with Crippen LogP contribution in [0.5, 0.6) is 0 Å². The largest absolute Gasteiger partial charge is 0.337 e. The first-order valence-electron chi connectivity index (χ1n) is 10.8. The third-order valence-corrected chi connectivity index (χ3v) is 7.78. The van der Waals surface area contributed by atoms with Gasteiger partial charge in [-0.3, -0.25) is 4.79 Å². The molecule has 1 aromatic heterocycles. The Morgan fingerprint density at radius 2 is 1.61 bits per heavy atom. The summed E-state index contributed by atoms with van der Waals surface area (Å²) in [7, 11) is -3.62. The van der Waals surface area contributed by atoms with Crippen molar-refractivity contribution in [2.75, 3.05) is 44.2 Å². The summed E-state index contributed by atoms with van der Waals surface area (Å²) in [6.45, 7) is 7.55. The third-order valence-electron chi connectivity index (χ3n) is 5.96. The molecule has 166 valence electrons. The highest BCUT2D eigenvalue weighted by molar-refractivity contribution is 7.89. The van der Waals surface area contributed by atoms with E-state index < -0.39 is 10.0 Å². The van der Waals surface area contributed by atoms with Crippen LogP contribution in [-0.2, 0) is 10.0 Å². The Hall–Kier alpha value is -2.52. The molecule has 0 saturated carbocycles. The SMILES string of the molecule is C[C@H]1C[C@H](C)CN(S(=O)(=O)c2cccc(C(=O)N3CCN(c4ncccn4)CC3)c2)C1. The van der Waals surface area contributed by atoms with Crippen LogP contribution in [0.2, 0.25) is 0 Å². The maximum Gasteiger partial charge on any atom is 0.254 e. The van der Waals surface area contributed by atoms with Gasteiger partial charge in [0.05, 0.1) is 4.90 Å². The van der Waals surface area contributed by atoms with Crippen molar-refractivity contribution in [3.63, 3.8) is 0 Å². The zero-order valence-corrected chi connectivity index (χ0v) is 18.8. The molecule has 9 heteroatoms. The molecule has 2 aliphatic rings. The molecule has 2 fully saturated rings. The van der Waals surface area contributed by atoms with Crippen molar-refractivity contribution < 1.29 is 13.2 Å². The summed E-state index contributed by atoms with van der Waals surface area (Å²) in [5, 5.41) is 0. The third kappa shape index (κ3) is 4.72. The second-order valence-corrected chi connectivity index (χ2v) is 10.6. The topological polar surface area (TPSA) is 86.7 Å². The Balaban J connectivity index is 1.46. The predicted molar refractivity (Wildman–Crippen MR) is 118 cm³/mol. The highest BCUT2D eigenvalue weighted by Gasteiger charge is 2.32. The average Bonchev–Trinajstić information content (AvgIpc) is 2.79. The van der Waals surface area contributed by atoms with E-state index in [-0.39, 0.29) is 10.8 Å². The quantitative estimate of drug-likeness (QED) is 0.719. The molecule has 0 unspecified atom stereocenters. The van der Waals surface area contributed by atoms with Gasteiger partial charge < -0.3 is 9.80 Å². The summed E-state index contributed by atoms with van der Waals surface area (Å²) in [4.78, 5) is 25.6. The molecule has 2 aliphatic heterocycles. The summed E-state index contributed by atoms with van der Waals surface area (Å²) in [6, 6.07) is 8.23. The van der Waals surface area contributed by atoms with Gasteiger partial charge in [-0.25, -0.2) is 18.4 Å². The van der Waals surface area contributed by atoms with Gasteiger partial charge >= 0.3 is 0 Å². The Morgan fingerprint density at radius 3 is 2.26 bits per heavy atom. The summed E-state index contributed by atoms with van der Waals surface area (Å²) in [6.07, 6.45) is 4.44. The molecule has 2 atom stereocenters. The molecule has 0 spiro atoms. The van der Waals surface area contributed by atoms with Gasteiger partial charge in [0.2, 0.25) is 16.0 Å². The molecule has 0 radical (unpaired) electrons. The van der Waals surface area contributed by atoms with Crippen LogP contribution in [-0.4, -0.2) is 72.8 Å². The smallest absolute Gasteiger partial charge is 0.254 e. The van der Waals surface area contributed by atoms with Crippen molar-refractivity contribution in [3.05, 3.63) is 48.3 Å². The molecule has 31 heavy (non-hydrogen) atoms. The van der Waals surface area contributed by atoms with Gasteiger partial charge in [0, 0.05) is 57.2 Å². The normalized spacial score (nSPS) is 23.0. The van der Waals surface area contributed by atoms with Gasteiger partial charge in [0.1, 0.15) is 0 Å². The highest BCUT2D eigenvalue weighted by Crippen LogP contribution is 2.27. The Morgan fingerprint density at radius 1 is 0.968 bits per heavy atom. The first kappa shape index (κ1) is 21.7. The van der Waals surface area contributed by atoms with E-state index in [9.17, 15) is 13.2 Å². The minimum absolute atomic E-state index is 0.147. The summed E-state index contributed by atoms with van der Waals surface area (Å²) in [5.41, 5.74) is 0.406. The first-order valence-corrected chi connectivity index (χ1v) is 12.2. The van der Waals surface area contributed by atoms with E-state index in [0.29, 0.717) is 62.6 Å². The molecule has 3 heterocycles. The van der Waals surface area contributed by atoms with E-state index >= 15 is 0 Å². The minimum atomic E-state index is -3.62. The van der Waals surface area contributed by atoms with Crippen LogP contribution in [0.3, 0.4) is 0 Å². The first-order chi connectivity index (χ1) is 14.8. The van der Waals surface area contributed by atoms with E-state index in [4.69, 9.17) is 0 Å². The molecule has 1 amide bonds. The number of nitrogens with zero attached hydrogens (tertiary/aromatic N) is 5. The van der Waals surface area contributed by atoms with Crippen LogP contribution in [0.15, 0.2) is 47.6 Å². The molecular weight excluding hydrogens is 414 g/mol. The van der Waals surface area contributed by atoms with Gasteiger partial charge in [0.15, 0.2) is 0 Å². The molecule has 8 nitrogen and oxygen atoms in total. The number of rotatable bonds is 4. The fourth-order valence-electron chi connectivity index (χ4n) is 4.49. The van der Waals surface area contributed by atoms with Crippen LogP contribution in [0.4, 0.5) is 5.95 Å². The van der Waals surface area contributed by atoms with Crippen molar-refractivity contribution in [1.82, 2.24) is 19.2 Å². The number of aromatic nitrogens is 2. The van der Waals surface area contributed by atoms with Crippen molar-refractivity contribution >= 4 is 21.9 Å². The Bertz CT molecular complexity index is 1010. The lowest BCUT2D eigenvalue weighted by atomic mass is 9.94. The molecule has 1 aromatic carbocycles. The molecule has 0 N–H and O–H groups in total. The van der Waals surface area contributed by atoms with Gasteiger partial charge in [-0.15, -0.1) is 0 Å². The number of carbonyl (C=O) groups excluding carboxylic acids is 1. The molecule has 4 rings (SSSR count). The van der Waals surface area contributed by atoms with Gasteiger partial charge in [-0.2, -0.15) is 4.31 Å². The summed E-state index contributed by atoms with van der Waals surface area (Å²) < 4.78 is 28.0. The number of benzene rings is 1. The fraction of sp³-hybridized carbons (Fsp3) is 0.500. The second kappa shape index (κ2) is 8.92. The van der Waals surface area contributed by atoms with Crippen LogP contribution >= 0.6 is 0 Å². The number of anilines is 1. The maximum atomic E-state index is 13.2. The van der Waals surface area contributed by atoms with Crippen LogP contribution in [0, 0.1) is 11.8 Å². The van der Waals surface area contributed by atoms with Gasteiger partial charge in [-0.1, -0.05) is 19.9 Å². The Kier molecular flexibility index (Phi) is 6.24. The monoisotopic (exact) mass is 443 g/mol. The van der Waals surface area contributed by atoms with E-state index in [1.165, 1.54) is 6.07 Å². The predicted octanol–water partition coefficient (Wildman–Crippen LogP) is 2.11. The van der Waals surface area contributed by atoms with E-state index in [2.05, 4.69) is 23.8 Å². The van der Waals surface area contributed by atoms with Crippen molar-refractivity contribution in [3.8, 4) is 0 Å². The van der Waals surface area contributed by atoms with Crippen molar-refractivity contribution in [2.45, 2.75) is 25.2 Å². The number of carbonyl (C=O) groups is 1. The van der Waals surface area contributed by atoms with E-state index in [1.807, 2.05) is 4.90 Å². The summed E-state index contributed by atoms with van der Waals surface area (Å²) in [5.74, 6) is 1.17. The van der Waals surface area contributed by atoms with Crippen LogP contribution in [0.1, 0.15) is 30.6 Å². The summed E-state index contributed by atoms with van der Waals surface area (Å²) >= 11 is 0. The number of sulfonamides is 1. The minimum Gasteiger partial charge on any atom is -0.337 e. The number of piperidine rings is 1. The molecule has 2 saturated heterocycles. The zero-order chi connectivity index (χ0) is 22.0. The molecule has 0 bridgehead atoms.